The molecule has 2 aromatic carbocycles. The topological polar surface area (TPSA) is 0 Å². The molecular formula is C13H9. The van der Waals surface area contributed by atoms with Crippen LogP contribution in [0.2, 0.25) is 0 Å². The minimum absolute atomic E-state index is 1.05. The Morgan fingerprint density at radius 1 is 1.15 bits per heavy atom. The molecule has 0 spiro atoms. The van der Waals surface area contributed by atoms with Crippen molar-refractivity contribution in [2.45, 2.75) is 6.42 Å². The number of allylic oxidation sites excluding steroid dienone is 1. The largest absolute Gasteiger partial charge is 0.0795 e. The molecule has 0 bridgehead atoms. The van der Waals surface area contributed by atoms with E-state index in [1.807, 2.05) is 0 Å². The van der Waals surface area contributed by atoms with Crippen molar-refractivity contribution in [3.05, 3.63) is 53.6 Å². The van der Waals surface area contributed by atoms with Gasteiger partial charge in [0.1, 0.15) is 0 Å². The smallest absolute Gasteiger partial charge is 0.00759 e. The van der Waals surface area contributed by atoms with Gasteiger partial charge in [0, 0.05) is 0 Å². The molecule has 0 heteroatoms. The Balaban J connectivity index is 2.56. The highest BCUT2D eigenvalue weighted by Crippen LogP contribution is 2.27. The van der Waals surface area contributed by atoms with Crippen LogP contribution in [0.15, 0.2) is 36.4 Å². The summed E-state index contributed by atoms with van der Waals surface area (Å²) in [5.41, 5.74) is 2.74. The maximum Gasteiger partial charge on any atom is -0.00759 e. The summed E-state index contributed by atoms with van der Waals surface area (Å²) in [6.45, 7) is 0. The van der Waals surface area contributed by atoms with Gasteiger partial charge in [-0.1, -0.05) is 36.4 Å². The molecule has 2 aromatic rings. The van der Waals surface area contributed by atoms with Crippen LogP contribution in [0.1, 0.15) is 11.1 Å². The van der Waals surface area contributed by atoms with Crippen LogP contribution in [-0.4, -0.2) is 0 Å². The number of hydrogen-bond acceptors (Lipinski definition) is 0. The van der Waals surface area contributed by atoms with Crippen LogP contribution in [0.3, 0.4) is 0 Å². The van der Waals surface area contributed by atoms with Gasteiger partial charge in [-0.05, 0) is 40.5 Å². The summed E-state index contributed by atoms with van der Waals surface area (Å²) in [6.07, 6.45) is 5.46. The summed E-state index contributed by atoms with van der Waals surface area (Å²) in [5.74, 6) is 0. The molecule has 3 rings (SSSR count). The molecule has 0 saturated carbocycles. The van der Waals surface area contributed by atoms with Gasteiger partial charge in [-0.25, -0.2) is 0 Å². The van der Waals surface area contributed by atoms with E-state index in [4.69, 9.17) is 0 Å². The Morgan fingerprint density at radius 2 is 2.15 bits per heavy atom. The fourth-order valence-electron chi connectivity index (χ4n) is 2.00. The molecule has 0 saturated heterocycles. The third-order valence-electron chi connectivity index (χ3n) is 2.58. The summed E-state index contributed by atoms with van der Waals surface area (Å²) in [6, 6.07) is 13.8. The predicted octanol–water partition coefficient (Wildman–Crippen LogP) is 3.21. The van der Waals surface area contributed by atoms with E-state index in [1.165, 1.54) is 21.9 Å². The molecular weight excluding hydrogens is 156 g/mol. The molecule has 1 radical (unpaired) electrons. The van der Waals surface area contributed by atoms with Gasteiger partial charge >= 0.3 is 0 Å². The monoisotopic (exact) mass is 165 g/mol. The fraction of sp³-hybridized carbons (Fsp3) is 0.0769. The molecule has 0 amide bonds. The average Bonchev–Trinajstić information content (AvgIpc) is 2.19. The zero-order valence-corrected chi connectivity index (χ0v) is 7.25. The number of rotatable bonds is 0. The summed E-state index contributed by atoms with van der Waals surface area (Å²) in [5, 5.41) is 2.71. The summed E-state index contributed by atoms with van der Waals surface area (Å²) in [7, 11) is 0. The van der Waals surface area contributed by atoms with Crippen molar-refractivity contribution in [1.29, 1.82) is 0 Å². The lowest BCUT2D eigenvalue weighted by Crippen LogP contribution is -1.91. The van der Waals surface area contributed by atoms with Gasteiger partial charge in [-0.2, -0.15) is 0 Å². The number of benzene rings is 2. The Morgan fingerprint density at radius 3 is 3.15 bits per heavy atom. The molecule has 0 aliphatic heterocycles. The second-order valence-corrected chi connectivity index (χ2v) is 3.40. The maximum absolute atomic E-state index is 3.18. The second kappa shape index (κ2) is 2.46. The normalized spacial score (nSPS) is 13.5. The first-order valence-electron chi connectivity index (χ1n) is 4.53. The van der Waals surface area contributed by atoms with E-state index in [0.717, 1.165) is 6.42 Å². The van der Waals surface area contributed by atoms with E-state index in [1.54, 1.807) is 0 Å². The highest BCUT2D eigenvalue weighted by atomic mass is 14.1. The predicted molar refractivity (Wildman–Crippen MR) is 55.5 cm³/mol. The molecule has 61 valence electrons. The Kier molecular flexibility index (Phi) is 1.31. The van der Waals surface area contributed by atoms with Gasteiger partial charge in [0.15, 0.2) is 0 Å². The minimum Gasteiger partial charge on any atom is -0.0795 e. The van der Waals surface area contributed by atoms with Crippen LogP contribution in [0.25, 0.3) is 16.8 Å². The Bertz CT molecular complexity index is 487. The zero-order valence-electron chi connectivity index (χ0n) is 7.25. The molecule has 0 aromatic heterocycles. The molecule has 0 atom stereocenters. The van der Waals surface area contributed by atoms with Crippen molar-refractivity contribution >= 4 is 16.8 Å². The highest BCUT2D eigenvalue weighted by Gasteiger charge is 2.06. The Labute approximate surface area is 77.5 Å². The highest BCUT2D eigenvalue weighted by molar-refractivity contribution is 5.94. The van der Waals surface area contributed by atoms with Gasteiger partial charge < -0.3 is 0 Å². The standard InChI is InChI=1S/C13H9/c1-4-10-6-2-8-12-9-3-7-11(5-1)13(10)12/h1-2,4-7,9H,8H2. The van der Waals surface area contributed by atoms with Crippen LogP contribution in [0, 0.1) is 6.07 Å². The van der Waals surface area contributed by atoms with E-state index in [9.17, 15) is 0 Å². The van der Waals surface area contributed by atoms with Crippen molar-refractivity contribution in [3.63, 3.8) is 0 Å². The first-order valence-corrected chi connectivity index (χ1v) is 4.53. The maximum atomic E-state index is 3.18. The third-order valence-corrected chi connectivity index (χ3v) is 2.58. The van der Waals surface area contributed by atoms with Crippen molar-refractivity contribution in [2.75, 3.05) is 0 Å². The SMILES string of the molecule is [c]1cc2c3c(cccc3c1)C=CC2. The van der Waals surface area contributed by atoms with Crippen molar-refractivity contribution in [3.8, 4) is 0 Å². The van der Waals surface area contributed by atoms with Crippen LogP contribution in [0.5, 0.6) is 0 Å². The van der Waals surface area contributed by atoms with Crippen LogP contribution in [0.4, 0.5) is 0 Å². The van der Waals surface area contributed by atoms with Crippen molar-refractivity contribution in [1.82, 2.24) is 0 Å². The minimum atomic E-state index is 1.05. The molecule has 1 aliphatic rings. The molecule has 1 aliphatic carbocycles. The van der Waals surface area contributed by atoms with E-state index >= 15 is 0 Å². The fourth-order valence-corrected chi connectivity index (χ4v) is 2.00. The molecule has 13 heavy (non-hydrogen) atoms. The lowest BCUT2D eigenvalue weighted by atomic mass is 9.93. The molecule has 0 nitrogen and oxygen atoms in total. The van der Waals surface area contributed by atoms with Crippen molar-refractivity contribution < 1.29 is 0 Å². The summed E-state index contributed by atoms with van der Waals surface area (Å²) < 4.78 is 0. The van der Waals surface area contributed by atoms with Gasteiger partial charge in [-0.3, -0.25) is 0 Å². The van der Waals surface area contributed by atoms with E-state index in [-0.39, 0.29) is 0 Å². The lowest BCUT2D eigenvalue weighted by Gasteiger charge is -2.11. The first-order chi connectivity index (χ1) is 6.45. The zero-order chi connectivity index (χ0) is 8.67. The van der Waals surface area contributed by atoms with Gasteiger partial charge in [-0.15, -0.1) is 0 Å². The molecule has 0 N–H and O–H groups in total. The lowest BCUT2D eigenvalue weighted by molar-refractivity contribution is 1.29. The molecule has 0 unspecified atom stereocenters. The van der Waals surface area contributed by atoms with Gasteiger partial charge in [0.2, 0.25) is 0 Å². The van der Waals surface area contributed by atoms with Crippen LogP contribution in [-0.2, 0) is 6.42 Å². The van der Waals surface area contributed by atoms with E-state index < -0.39 is 0 Å². The summed E-state index contributed by atoms with van der Waals surface area (Å²) >= 11 is 0. The second-order valence-electron chi connectivity index (χ2n) is 3.40. The third kappa shape index (κ3) is 0.919. The Hall–Kier alpha value is -1.56. The van der Waals surface area contributed by atoms with E-state index in [0.29, 0.717) is 0 Å². The molecule has 0 fully saturated rings. The van der Waals surface area contributed by atoms with Crippen molar-refractivity contribution in [2.24, 2.45) is 0 Å². The van der Waals surface area contributed by atoms with Gasteiger partial charge in [0.25, 0.3) is 0 Å². The van der Waals surface area contributed by atoms with Crippen LogP contribution < -0.4 is 0 Å². The van der Waals surface area contributed by atoms with Crippen LogP contribution >= 0.6 is 0 Å². The average molecular weight is 165 g/mol. The molecule has 0 heterocycles. The summed E-state index contributed by atoms with van der Waals surface area (Å²) in [4.78, 5) is 0. The quantitative estimate of drug-likeness (QED) is 0.562. The first kappa shape index (κ1) is 6.90. The number of hydrogen-bond donors (Lipinski definition) is 0. The van der Waals surface area contributed by atoms with Gasteiger partial charge in [0.05, 0.1) is 0 Å². The van der Waals surface area contributed by atoms with E-state index in [2.05, 4.69) is 48.6 Å².